The highest BCUT2D eigenvalue weighted by Crippen LogP contribution is 2.14. The van der Waals surface area contributed by atoms with Gasteiger partial charge in [0.1, 0.15) is 5.60 Å². The lowest BCUT2D eigenvalue weighted by atomic mass is 10.1. The number of carbonyl (C=O) groups is 1. The van der Waals surface area contributed by atoms with Crippen molar-refractivity contribution >= 4 is 27.9 Å². The lowest BCUT2D eigenvalue weighted by molar-refractivity contribution is 0.0207. The topological polar surface area (TPSA) is 119 Å². The van der Waals surface area contributed by atoms with Crippen LogP contribution < -0.4 is 11.5 Å². The number of amides is 1. The van der Waals surface area contributed by atoms with Crippen LogP contribution in [0.2, 0.25) is 0 Å². The standard InChI is InChI=1S/C10H20N2O2.C8H9BrN4.C2H6/c1-10(2,3)14-9(13)12-6-4-8(11)5-7-12;1-11-13-12-8(10)6-2-4-7(9)5-3-6;1-2/h8H,4-7,11H2,1-3H3;2-5H,1H3,(H2,10,11,12);1-2H3. The molecule has 9 heteroatoms. The number of hydrogen-bond donors (Lipinski definition) is 2. The Morgan fingerprint density at radius 1 is 1.17 bits per heavy atom. The Morgan fingerprint density at radius 3 is 2.14 bits per heavy atom. The average Bonchev–Trinajstić information content (AvgIpc) is 2.68. The Balaban J connectivity index is 0.000000499. The van der Waals surface area contributed by atoms with Crippen molar-refractivity contribution in [2.75, 3.05) is 20.1 Å². The fourth-order valence-corrected chi connectivity index (χ4v) is 2.44. The molecule has 1 amide bonds. The van der Waals surface area contributed by atoms with Gasteiger partial charge in [-0.1, -0.05) is 41.9 Å². The number of piperidine rings is 1. The zero-order valence-corrected chi connectivity index (χ0v) is 19.9. The molecule has 1 saturated heterocycles. The zero-order chi connectivity index (χ0) is 22.4. The minimum Gasteiger partial charge on any atom is -0.444 e. The molecular formula is C20H35BrN6O2. The monoisotopic (exact) mass is 470 g/mol. The van der Waals surface area contributed by atoms with Gasteiger partial charge in [-0.05, 0) is 51.0 Å². The summed E-state index contributed by atoms with van der Waals surface area (Å²) in [4.78, 5) is 13.3. The lowest BCUT2D eigenvalue weighted by Gasteiger charge is -2.32. The summed E-state index contributed by atoms with van der Waals surface area (Å²) in [7, 11) is 1.54. The molecule has 0 atom stereocenters. The molecule has 1 aromatic rings. The van der Waals surface area contributed by atoms with Gasteiger partial charge in [-0.3, -0.25) is 0 Å². The summed E-state index contributed by atoms with van der Waals surface area (Å²) in [6, 6.07) is 7.73. The first-order valence-electron chi connectivity index (χ1n) is 9.74. The van der Waals surface area contributed by atoms with Crippen molar-refractivity contribution in [2.45, 2.75) is 59.1 Å². The third-order valence-corrected chi connectivity index (χ3v) is 4.10. The second kappa shape index (κ2) is 14.1. The van der Waals surface area contributed by atoms with E-state index in [9.17, 15) is 4.79 Å². The number of carbonyl (C=O) groups excluding carboxylic acids is 1. The van der Waals surface area contributed by atoms with Crippen molar-refractivity contribution in [2.24, 2.45) is 26.9 Å². The van der Waals surface area contributed by atoms with E-state index >= 15 is 0 Å². The van der Waals surface area contributed by atoms with E-state index < -0.39 is 5.60 Å². The molecule has 164 valence electrons. The van der Waals surface area contributed by atoms with Crippen LogP contribution in [0, 0.1) is 0 Å². The predicted octanol–water partition coefficient (Wildman–Crippen LogP) is 4.52. The molecule has 0 spiro atoms. The van der Waals surface area contributed by atoms with Crippen molar-refractivity contribution in [1.82, 2.24) is 4.90 Å². The van der Waals surface area contributed by atoms with Crippen LogP contribution in [-0.2, 0) is 4.74 Å². The maximum atomic E-state index is 11.6. The Labute approximate surface area is 182 Å². The summed E-state index contributed by atoms with van der Waals surface area (Å²) in [5.41, 5.74) is 11.8. The Kier molecular flexibility index (Phi) is 13.1. The molecule has 1 aliphatic heterocycles. The predicted molar refractivity (Wildman–Crippen MR) is 122 cm³/mol. The van der Waals surface area contributed by atoms with E-state index in [2.05, 4.69) is 31.4 Å². The molecule has 0 aliphatic carbocycles. The second-order valence-corrected chi connectivity index (χ2v) is 8.00. The van der Waals surface area contributed by atoms with Crippen LogP contribution in [0.25, 0.3) is 0 Å². The van der Waals surface area contributed by atoms with E-state index in [0.29, 0.717) is 5.84 Å². The summed E-state index contributed by atoms with van der Waals surface area (Å²) in [5.74, 6) is 0.359. The summed E-state index contributed by atoms with van der Waals surface area (Å²) in [6.45, 7) is 11.1. The van der Waals surface area contributed by atoms with Crippen LogP contribution in [0.3, 0.4) is 0 Å². The molecule has 8 nitrogen and oxygen atoms in total. The summed E-state index contributed by atoms with van der Waals surface area (Å²) in [6.07, 6.45) is 1.53. The number of benzene rings is 1. The number of rotatable bonds is 2. The minimum atomic E-state index is -0.406. The van der Waals surface area contributed by atoms with Crippen molar-refractivity contribution in [3.63, 3.8) is 0 Å². The maximum Gasteiger partial charge on any atom is 0.410 e. The van der Waals surface area contributed by atoms with Gasteiger partial charge in [0.05, 0.1) is 7.05 Å². The highest BCUT2D eigenvalue weighted by atomic mass is 79.9. The van der Waals surface area contributed by atoms with Crippen LogP contribution in [-0.4, -0.2) is 48.6 Å². The number of ether oxygens (including phenoxy) is 1. The average molecular weight is 471 g/mol. The molecule has 29 heavy (non-hydrogen) atoms. The quantitative estimate of drug-likeness (QED) is 0.285. The van der Waals surface area contributed by atoms with Gasteiger partial charge in [-0.25, -0.2) is 4.79 Å². The van der Waals surface area contributed by atoms with Crippen LogP contribution in [0.5, 0.6) is 0 Å². The van der Waals surface area contributed by atoms with E-state index in [1.54, 1.807) is 11.9 Å². The Bertz CT molecular complexity index is 648. The highest BCUT2D eigenvalue weighted by molar-refractivity contribution is 9.10. The summed E-state index contributed by atoms with van der Waals surface area (Å²) >= 11 is 3.32. The molecule has 1 fully saturated rings. The highest BCUT2D eigenvalue weighted by Gasteiger charge is 2.25. The molecule has 0 radical (unpaired) electrons. The normalized spacial score (nSPS) is 15.2. The van der Waals surface area contributed by atoms with Gasteiger partial charge in [0.2, 0.25) is 0 Å². The van der Waals surface area contributed by atoms with Crippen molar-refractivity contribution < 1.29 is 9.53 Å². The van der Waals surface area contributed by atoms with Crippen LogP contribution in [0.4, 0.5) is 4.79 Å². The molecule has 1 aromatic carbocycles. The zero-order valence-electron chi connectivity index (χ0n) is 18.4. The van der Waals surface area contributed by atoms with Gasteiger partial charge in [0, 0.05) is 29.2 Å². The first-order chi connectivity index (χ1) is 13.6. The smallest absolute Gasteiger partial charge is 0.410 e. The van der Waals surface area contributed by atoms with Gasteiger partial charge < -0.3 is 21.1 Å². The van der Waals surface area contributed by atoms with E-state index in [4.69, 9.17) is 16.2 Å². The number of likely N-dealkylation sites (tertiary alicyclic amines) is 1. The van der Waals surface area contributed by atoms with Gasteiger partial charge in [0.25, 0.3) is 0 Å². The molecule has 0 unspecified atom stereocenters. The lowest BCUT2D eigenvalue weighted by Crippen LogP contribution is -2.44. The van der Waals surface area contributed by atoms with Crippen molar-refractivity contribution in [3.05, 3.63) is 34.3 Å². The molecule has 0 saturated carbocycles. The second-order valence-electron chi connectivity index (χ2n) is 7.09. The van der Waals surface area contributed by atoms with Crippen LogP contribution >= 0.6 is 15.9 Å². The van der Waals surface area contributed by atoms with Crippen LogP contribution in [0.1, 0.15) is 53.0 Å². The molecule has 2 rings (SSSR count). The molecule has 4 N–H and O–H groups in total. The van der Waals surface area contributed by atoms with Crippen molar-refractivity contribution in [1.29, 1.82) is 0 Å². The Hall–Kier alpha value is -2.00. The molecule has 1 heterocycles. The largest absolute Gasteiger partial charge is 0.444 e. The fourth-order valence-electron chi connectivity index (χ4n) is 2.18. The fraction of sp³-hybridized carbons (Fsp3) is 0.600. The first-order valence-corrected chi connectivity index (χ1v) is 10.5. The van der Waals surface area contributed by atoms with Gasteiger partial charge in [-0.15, -0.1) is 5.10 Å². The molecule has 1 aliphatic rings. The SMILES string of the molecule is CC.CC(C)(C)OC(=O)N1CCC(N)CC1.CN=N/N=C(\N)c1ccc(Br)cc1. The van der Waals surface area contributed by atoms with Crippen molar-refractivity contribution in [3.8, 4) is 0 Å². The number of amidine groups is 1. The minimum absolute atomic E-state index is 0.218. The number of halogens is 1. The number of nitrogens with two attached hydrogens (primary N) is 2. The number of hydrogen-bond acceptors (Lipinski definition) is 5. The number of nitrogens with zero attached hydrogens (tertiary/aromatic N) is 4. The van der Waals surface area contributed by atoms with Crippen LogP contribution in [0.15, 0.2) is 44.2 Å². The first kappa shape index (κ1) is 27.0. The third-order valence-electron chi connectivity index (χ3n) is 3.57. The van der Waals surface area contributed by atoms with Gasteiger partial charge >= 0.3 is 6.09 Å². The van der Waals surface area contributed by atoms with E-state index in [0.717, 1.165) is 36.0 Å². The molecule has 0 aromatic heterocycles. The molecular weight excluding hydrogens is 436 g/mol. The third kappa shape index (κ3) is 12.2. The van der Waals surface area contributed by atoms with Gasteiger partial charge in [-0.2, -0.15) is 5.11 Å². The van der Waals surface area contributed by atoms with Gasteiger partial charge in [0.15, 0.2) is 5.84 Å². The molecule has 0 bridgehead atoms. The van der Waals surface area contributed by atoms with E-state index in [1.807, 2.05) is 58.9 Å². The van der Waals surface area contributed by atoms with E-state index in [1.165, 1.54) is 0 Å². The maximum absolute atomic E-state index is 11.6. The summed E-state index contributed by atoms with van der Waals surface area (Å²) < 4.78 is 6.26. The summed E-state index contributed by atoms with van der Waals surface area (Å²) in [5, 5.41) is 10.6. The van der Waals surface area contributed by atoms with E-state index in [-0.39, 0.29) is 12.1 Å². The Morgan fingerprint density at radius 2 is 1.69 bits per heavy atom.